The largest absolute Gasteiger partial charge is 0.368 e. The summed E-state index contributed by atoms with van der Waals surface area (Å²) in [7, 11) is 0. The van der Waals surface area contributed by atoms with E-state index in [1.54, 1.807) is 23.5 Å². The second-order valence-electron chi connectivity index (χ2n) is 7.77. The quantitative estimate of drug-likeness (QED) is 0.775. The lowest BCUT2D eigenvalue weighted by atomic mass is 10.2. The third kappa shape index (κ3) is 4.11. The van der Waals surface area contributed by atoms with Crippen LogP contribution in [0.25, 0.3) is 10.1 Å². The number of rotatable bonds is 5. The average molecular weight is 390 g/mol. The van der Waals surface area contributed by atoms with Crippen LogP contribution in [0.3, 0.4) is 0 Å². The molecule has 4 rings (SSSR count). The lowest BCUT2D eigenvalue weighted by Gasteiger charge is -2.36. The molecule has 6 heteroatoms. The Kier molecular flexibility index (Phi) is 5.64. The highest BCUT2D eigenvalue weighted by atomic mass is 32.1. The zero-order chi connectivity index (χ0) is 18.8. The van der Waals surface area contributed by atoms with Crippen LogP contribution in [-0.4, -0.2) is 61.0 Å². The SMILES string of the molecule is CC1CCCN1C(=O)CCCN1CCN(c2csc3cc(F)ccc23)CC1. The molecule has 3 heterocycles. The summed E-state index contributed by atoms with van der Waals surface area (Å²) < 4.78 is 14.4. The van der Waals surface area contributed by atoms with Crippen molar-refractivity contribution in [2.24, 2.45) is 0 Å². The average Bonchev–Trinajstić information content (AvgIpc) is 3.28. The molecular weight excluding hydrogens is 361 g/mol. The van der Waals surface area contributed by atoms with Crippen LogP contribution in [-0.2, 0) is 4.79 Å². The number of fused-ring (bicyclic) bond motifs is 1. The molecule has 0 saturated carbocycles. The maximum atomic E-state index is 13.4. The van der Waals surface area contributed by atoms with Crippen molar-refractivity contribution in [1.29, 1.82) is 0 Å². The predicted octanol–water partition coefficient (Wildman–Crippen LogP) is 3.95. The molecule has 2 saturated heterocycles. The number of benzene rings is 1. The van der Waals surface area contributed by atoms with Gasteiger partial charge < -0.3 is 9.80 Å². The van der Waals surface area contributed by atoms with E-state index in [1.165, 1.54) is 5.69 Å². The summed E-state index contributed by atoms with van der Waals surface area (Å²) in [4.78, 5) is 19.3. The smallest absolute Gasteiger partial charge is 0.222 e. The van der Waals surface area contributed by atoms with E-state index in [-0.39, 0.29) is 5.82 Å². The normalized spacial score (nSPS) is 21.3. The monoisotopic (exact) mass is 389 g/mol. The molecule has 2 fully saturated rings. The predicted molar refractivity (Wildman–Crippen MR) is 110 cm³/mol. The first-order chi connectivity index (χ1) is 13.1. The molecule has 2 aromatic rings. The molecule has 1 aromatic heterocycles. The third-order valence-corrected chi connectivity index (χ3v) is 6.90. The van der Waals surface area contributed by atoms with Gasteiger partial charge in [-0.05, 0) is 50.9 Å². The van der Waals surface area contributed by atoms with Gasteiger partial charge in [0.1, 0.15) is 5.82 Å². The zero-order valence-corrected chi connectivity index (χ0v) is 16.8. The molecule has 1 aromatic carbocycles. The first-order valence-corrected chi connectivity index (χ1v) is 10.9. The molecule has 1 unspecified atom stereocenters. The molecule has 0 radical (unpaired) electrons. The minimum Gasteiger partial charge on any atom is -0.368 e. The molecular formula is C21H28FN3OS. The number of carbonyl (C=O) groups excluding carboxylic acids is 1. The fourth-order valence-electron chi connectivity index (χ4n) is 4.35. The molecule has 2 aliphatic heterocycles. The molecule has 1 amide bonds. The van der Waals surface area contributed by atoms with E-state index in [1.807, 2.05) is 6.07 Å². The van der Waals surface area contributed by atoms with Crippen LogP contribution < -0.4 is 4.90 Å². The minimum atomic E-state index is -0.168. The van der Waals surface area contributed by atoms with Crippen LogP contribution in [0.4, 0.5) is 10.1 Å². The number of nitrogens with zero attached hydrogens (tertiary/aromatic N) is 3. The number of anilines is 1. The van der Waals surface area contributed by atoms with E-state index in [4.69, 9.17) is 0 Å². The number of hydrogen-bond acceptors (Lipinski definition) is 4. The minimum absolute atomic E-state index is 0.168. The Morgan fingerprint density at radius 2 is 2.04 bits per heavy atom. The summed E-state index contributed by atoms with van der Waals surface area (Å²) in [6, 6.07) is 5.49. The van der Waals surface area contributed by atoms with Gasteiger partial charge in [-0.15, -0.1) is 11.3 Å². The first-order valence-electron chi connectivity index (χ1n) is 10.1. The summed E-state index contributed by atoms with van der Waals surface area (Å²) in [6.07, 6.45) is 3.92. The van der Waals surface area contributed by atoms with Crippen LogP contribution in [0.2, 0.25) is 0 Å². The second kappa shape index (κ2) is 8.15. The standard InChI is InChI=1S/C21H28FN3OS/c1-16-4-2-9-25(16)21(26)5-3-8-23-10-12-24(13-11-23)19-15-27-20-14-17(22)6-7-18(19)20/h6-7,14-16H,2-5,8-13H2,1H3. The number of piperazine rings is 1. The number of thiophene rings is 1. The number of halogens is 1. The zero-order valence-electron chi connectivity index (χ0n) is 16.0. The molecule has 0 spiro atoms. The molecule has 4 nitrogen and oxygen atoms in total. The van der Waals surface area contributed by atoms with Gasteiger partial charge in [0.15, 0.2) is 0 Å². The van der Waals surface area contributed by atoms with Crippen molar-refractivity contribution >= 4 is 33.0 Å². The summed E-state index contributed by atoms with van der Waals surface area (Å²) in [5, 5.41) is 3.30. The molecule has 0 aliphatic carbocycles. The fraction of sp³-hybridized carbons (Fsp3) is 0.571. The van der Waals surface area contributed by atoms with Crippen LogP contribution in [0.1, 0.15) is 32.6 Å². The van der Waals surface area contributed by atoms with Gasteiger partial charge in [-0.1, -0.05) is 0 Å². The highest BCUT2D eigenvalue weighted by molar-refractivity contribution is 7.17. The summed E-state index contributed by atoms with van der Waals surface area (Å²) in [5.74, 6) is 0.161. The Morgan fingerprint density at radius 3 is 2.78 bits per heavy atom. The highest BCUT2D eigenvalue weighted by Crippen LogP contribution is 2.34. The van der Waals surface area contributed by atoms with Gasteiger partial charge in [-0.2, -0.15) is 0 Å². The Hall–Kier alpha value is -1.66. The summed E-state index contributed by atoms with van der Waals surface area (Å²) in [6.45, 7) is 8.11. The van der Waals surface area contributed by atoms with Crippen molar-refractivity contribution < 1.29 is 9.18 Å². The van der Waals surface area contributed by atoms with E-state index in [0.717, 1.165) is 68.6 Å². The molecule has 0 N–H and O–H groups in total. The van der Waals surface area contributed by atoms with Gasteiger partial charge >= 0.3 is 0 Å². The second-order valence-corrected chi connectivity index (χ2v) is 8.68. The van der Waals surface area contributed by atoms with E-state index >= 15 is 0 Å². The molecule has 2 aliphatic rings. The molecule has 0 bridgehead atoms. The lowest BCUT2D eigenvalue weighted by Crippen LogP contribution is -2.46. The van der Waals surface area contributed by atoms with Crippen LogP contribution in [0, 0.1) is 5.82 Å². The lowest BCUT2D eigenvalue weighted by molar-refractivity contribution is -0.131. The van der Waals surface area contributed by atoms with Crippen molar-refractivity contribution in [3.63, 3.8) is 0 Å². The van der Waals surface area contributed by atoms with E-state index < -0.39 is 0 Å². The highest BCUT2D eigenvalue weighted by Gasteiger charge is 2.25. The Labute approximate surface area is 164 Å². The number of hydrogen-bond donors (Lipinski definition) is 0. The van der Waals surface area contributed by atoms with Gasteiger partial charge in [0.05, 0.1) is 5.69 Å². The first kappa shape index (κ1) is 18.7. The fourth-order valence-corrected chi connectivity index (χ4v) is 5.34. The summed E-state index contributed by atoms with van der Waals surface area (Å²) >= 11 is 1.61. The van der Waals surface area contributed by atoms with Crippen molar-refractivity contribution in [2.75, 3.05) is 44.2 Å². The number of amides is 1. The van der Waals surface area contributed by atoms with Gasteiger partial charge in [0.25, 0.3) is 0 Å². The Morgan fingerprint density at radius 1 is 1.22 bits per heavy atom. The van der Waals surface area contributed by atoms with Gasteiger partial charge in [0, 0.05) is 60.7 Å². The van der Waals surface area contributed by atoms with Gasteiger partial charge in [-0.3, -0.25) is 9.69 Å². The Bertz CT molecular complexity index is 800. The van der Waals surface area contributed by atoms with E-state index in [0.29, 0.717) is 18.4 Å². The maximum Gasteiger partial charge on any atom is 0.222 e. The summed E-state index contributed by atoms with van der Waals surface area (Å²) in [5.41, 5.74) is 1.23. The third-order valence-electron chi connectivity index (χ3n) is 5.97. The van der Waals surface area contributed by atoms with Crippen LogP contribution in [0.5, 0.6) is 0 Å². The van der Waals surface area contributed by atoms with Gasteiger partial charge in [0.2, 0.25) is 5.91 Å². The van der Waals surface area contributed by atoms with Gasteiger partial charge in [-0.25, -0.2) is 4.39 Å². The van der Waals surface area contributed by atoms with E-state index in [2.05, 4.69) is 27.0 Å². The molecule has 27 heavy (non-hydrogen) atoms. The Balaban J connectivity index is 1.25. The molecule has 1 atom stereocenters. The maximum absolute atomic E-state index is 13.4. The number of carbonyl (C=O) groups is 1. The van der Waals surface area contributed by atoms with E-state index in [9.17, 15) is 9.18 Å². The van der Waals surface area contributed by atoms with Crippen molar-refractivity contribution in [3.05, 3.63) is 29.4 Å². The number of likely N-dealkylation sites (tertiary alicyclic amines) is 1. The topological polar surface area (TPSA) is 26.8 Å². The van der Waals surface area contributed by atoms with Crippen LogP contribution in [0.15, 0.2) is 23.6 Å². The van der Waals surface area contributed by atoms with Crippen molar-refractivity contribution in [1.82, 2.24) is 9.80 Å². The molecule has 146 valence electrons. The van der Waals surface area contributed by atoms with Crippen LogP contribution >= 0.6 is 11.3 Å². The van der Waals surface area contributed by atoms with Crippen molar-refractivity contribution in [2.45, 2.75) is 38.6 Å². The van der Waals surface area contributed by atoms with Crippen molar-refractivity contribution in [3.8, 4) is 0 Å².